The van der Waals surface area contributed by atoms with Crippen molar-refractivity contribution in [3.8, 4) is 11.4 Å². The van der Waals surface area contributed by atoms with Crippen LogP contribution in [-0.2, 0) is 0 Å². The van der Waals surface area contributed by atoms with E-state index in [9.17, 15) is 0 Å². The molecule has 0 aliphatic carbocycles. The first-order chi connectivity index (χ1) is 8.28. The van der Waals surface area contributed by atoms with Crippen LogP contribution in [-0.4, -0.2) is 22.0 Å². The first-order valence-electron chi connectivity index (χ1n) is 5.06. The van der Waals surface area contributed by atoms with Crippen molar-refractivity contribution in [2.75, 3.05) is 12.4 Å². The molecule has 0 saturated heterocycles. The highest BCUT2D eigenvalue weighted by molar-refractivity contribution is 6.31. The van der Waals surface area contributed by atoms with E-state index in [0.717, 1.165) is 16.9 Å². The second-order valence-corrected chi connectivity index (χ2v) is 3.85. The highest BCUT2D eigenvalue weighted by Gasteiger charge is 2.11. The molecule has 0 fully saturated rings. The Morgan fingerprint density at radius 2 is 2.18 bits per heavy atom. The first-order valence-corrected chi connectivity index (χ1v) is 5.43. The number of H-pyrrole nitrogens is 1. The van der Waals surface area contributed by atoms with Crippen LogP contribution in [0.5, 0.6) is 0 Å². The van der Waals surface area contributed by atoms with Crippen LogP contribution in [0.4, 0.5) is 5.82 Å². The van der Waals surface area contributed by atoms with E-state index in [1.54, 1.807) is 6.07 Å². The van der Waals surface area contributed by atoms with Gasteiger partial charge in [-0.2, -0.15) is 0 Å². The number of aromatic amines is 1. The summed E-state index contributed by atoms with van der Waals surface area (Å²) in [5.41, 5.74) is 2.23. The molecule has 6 heteroatoms. The number of nitrogens with zero attached hydrogens (tertiary/aromatic N) is 2. The number of aromatic nitrogens is 3. The van der Waals surface area contributed by atoms with Crippen molar-refractivity contribution in [1.29, 1.82) is 0 Å². The van der Waals surface area contributed by atoms with Crippen LogP contribution in [0.1, 0.15) is 0 Å². The second kappa shape index (κ2) is 3.78. The predicted octanol–water partition coefficient (Wildman–Crippen LogP) is 2.91. The van der Waals surface area contributed by atoms with E-state index in [2.05, 4.69) is 20.3 Å². The third-order valence-electron chi connectivity index (χ3n) is 2.48. The number of nitrogens with one attached hydrogen (secondary N) is 2. The summed E-state index contributed by atoms with van der Waals surface area (Å²) in [6, 6.07) is 5.55. The number of halogens is 1. The van der Waals surface area contributed by atoms with Crippen molar-refractivity contribution in [1.82, 2.24) is 15.0 Å². The molecule has 0 spiro atoms. The number of rotatable bonds is 2. The van der Waals surface area contributed by atoms with Gasteiger partial charge in [-0.1, -0.05) is 0 Å². The summed E-state index contributed by atoms with van der Waals surface area (Å²) in [6.45, 7) is 0. The molecule has 0 unspecified atom stereocenters. The fraction of sp³-hybridized carbons (Fsp3) is 0.0909. The zero-order valence-corrected chi connectivity index (χ0v) is 9.75. The van der Waals surface area contributed by atoms with E-state index in [1.807, 2.05) is 19.2 Å². The SMILES string of the molecule is CNc1ccc2[nH]c(-c3ccoc3Cl)nc2n1. The molecule has 0 atom stereocenters. The largest absolute Gasteiger partial charge is 0.452 e. The molecule has 2 N–H and O–H groups in total. The Morgan fingerprint density at radius 1 is 1.29 bits per heavy atom. The standard InChI is InChI=1S/C11H9ClN4O/c1-13-8-3-2-7-11(15-8)16-10(14-7)6-4-5-17-9(6)12/h2-5H,1H3,(H2,13,14,15,16). The minimum atomic E-state index is 0.317. The number of fused-ring (bicyclic) bond motifs is 1. The summed E-state index contributed by atoms with van der Waals surface area (Å²) in [5, 5.41) is 3.28. The van der Waals surface area contributed by atoms with Gasteiger partial charge >= 0.3 is 0 Å². The number of pyridine rings is 1. The highest BCUT2D eigenvalue weighted by Crippen LogP contribution is 2.28. The Morgan fingerprint density at radius 3 is 2.88 bits per heavy atom. The van der Waals surface area contributed by atoms with Gasteiger partial charge < -0.3 is 14.7 Å². The van der Waals surface area contributed by atoms with Gasteiger partial charge in [0, 0.05) is 7.05 Å². The number of imidazole rings is 1. The molecule has 0 aromatic carbocycles. The molecular formula is C11H9ClN4O. The molecule has 3 aromatic rings. The third kappa shape index (κ3) is 1.64. The maximum absolute atomic E-state index is 5.90. The summed E-state index contributed by atoms with van der Waals surface area (Å²) < 4.78 is 5.03. The minimum absolute atomic E-state index is 0.317. The monoisotopic (exact) mass is 248 g/mol. The molecule has 17 heavy (non-hydrogen) atoms. The van der Waals surface area contributed by atoms with E-state index in [-0.39, 0.29) is 0 Å². The van der Waals surface area contributed by atoms with Gasteiger partial charge in [-0.05, 0) is 29.8 Å². The van der Waals surface area contributed by atoms with Gasteiger partial charge in [0.15, 0.2) is 5.65 Å². The average Bonchev–Trinajstić information content (AvgIpc) is 2.93. The van der Waals surface area contributed by atoms with Crippen LogP contribution in [0, 0.1) is 0 Å². The quantitative estimate of drug-likeness (QED) is 0.732. The average molecular weight is 249 g/mol. The Bertz CT molecular complexity index is 673. The smallest absolute Gasteiger partial charge is 0.203 e. The van der Waals surface area contributed by atoms with Crippen molar-refractivity contribution in [3.05, 3.63) is 29.7 Å². The lowest BCUT2D eigenvalue weighted by molar-refractivity contribution is 0.570. The number of furan rings is 1. The molecule has 0 radical (unpaired) electrons. The fourth-order valence-electron chi connectivity index (χ4n) is 1.62. The molecule has 3 heterocycles. The summed E-state index contributed by atoms with van der Waals surface area (Å²) in [4.78, 5) is 11.8. The van der Waals surface area contributed by atoms with Crippen molar-refractivity contribution >= 4 is 28.6 Å². The summed E-state index contributed by atoms with van der Waals surface area (Å²) in [7, 11) is 1.81. The van der Waals surface area contributed by atoms with Crippen molar-refractivity contribution in [2.24, 2.45) is 0 Å². The van der Waals surface area contributed by atoms with Crippen LogP contribution in [0.2, 0.25) is 5.22 Å². The molecule has 0 amide bonds. The Balaban J connectivity index is 2.17. The molecule has 0 bridgehead atoms. The Kier molecular flexibility index (Phi) is 2.26. The van der Waals surface area contributed by atoms with Crippen LogP contribution in [0.15, 0.2) is 28.9 Å². The van der Waals surface area contributed by atoms with Crippen LogP contribution < -0.4 is 5.32 Å². The molecule has 0 aliphatic rings. The lowest BCUT2D eigenvalue weighted by Gasteiger charge is -1.95. The molecule has 0 aliphatic heterocycles. The van der Waals surface area contributed by atoms with E-state index >= 15 is 0 Å². The topological polar surface area (TPSA) is 66.7 Å². The van der Waals surface area contributed by atoms with Crippen LogP contribution in [0.25, 0.3) is 22.6 Å². The van der Waals surface area contributed by atoms with Crippen LogP contribution >= 0.6 is 11.6 Å². The number of hydrogen-bond donors (Lipinski definition) is 2. The van der Waals surface area contributed by atoms with E-state index < -0.39 is 0 Å². The normalized spacial score (nSPS) is 10.9. The van der Waals surface area contributed by atoms with Gasteiger partial charge in [0.1, 0.15) is 11.6 Å². The van der Waals surface area contributed by atoms with Crippen LogP contribution in [0.3, 0.4) is 0 Å². The third-order valence-corrected chi connectivity index (χ3v) is 2.77. The van der Waals surface area contributed by atoms with E-state index in [1.165, 1.54) is 6.26 Å². The van der Waals surface area contributed by atoms with E-state index in [4.69, 9.17) is 16.0 Å². The molecule has 3 rings (SSSR count). The van der Waals surface area contributed by atoms with Gasteiger partial charge in [0.05, 0.1) is 17.3 Å². The zero-order chi connectivity index (χ0) is 11.8. The maximum atomic E-state index is 5.90. The van der Waals surface area contributed by atoms with Gasteiger partial charge in [-0.25, -0.2) is 9.97 Å². The minimum Gasteiger partial charge on any atom is -0.452 e. The van der Waals surface area contributed by atoms with Gasteiger partial charge in [-0.15, -0.1) is 0 Å². The molecule has 86 valence electrons. The molecular weight excluding hydrogens is 240 g/mol. The summed E-state index contributed by atoms with van der Waals surface area (Å²) >= 11 is 5.90. The lowest BCUT2D eigenvalue weighted by atomic mass is 10.3. The second-order valence-electron chi connectivity index (χ2n) is 3.51. The number of hydrogen-bond acceptors (Lipinski definition) is 4. The molecule has 3 aromatic heterocycles. The molecule has 5 nitrogen and oxygen atoms in total. The molecule has 0 saturated carbocycles. The fourth-order valence-corrected chi connectivity index (χ4v) is 1.83. The summed E-state index contributed by atoms with van der Waals surface area (Å²) in [5.74, 6) is 1.42. The summed E-state index contributed by atoms with van der Waals surface area (Å²) in [6.07, 6.45) is 1.53. The van der Waals surface area contributed by atoms with E-state index in [0.29, 0.717) is 16.7 Å². The Labute approximate surface area is 102 Å². The van der Waals surface area contributed by atoms with Crippen molar-refractivity contribution < 1.29 is 4.42 Å². The van der Waals surface area contributed by atoms with Gasteiger partial charge in [-0.3, -0.25) is 0 Å². The highest BCUT2D eigenvalue weighted by atomic mass is 35.5. The first kappa shape index (κ1) is 10.2. The van der Waals surface area contributed by atoms with Crippen molar-refractivity contribution in [3.63, 3.8) is 0 Å². The lowest BCUT2D eigenvalue weighted by Crippen LogP contribution is -1.91. The van der Waals surface area contributed by atoms with Gasteiger partial charge in [0.2, 0.25) is 5.22 Å². The maximum Gasteiger partial charge on any atom is 0.203 e. The van der Waals surface area contributed by atoms with Crippen molar-refractivity contribution in [2.45, 2.75) is 0 Å². The van der Waals surface area contributed by atoms with Gasteiger partial charge in [0.25, 0.3) is 0 Å². The Hall–Kier alpha value is -2.01. The zero-order valence-electron chi connectivity index (χ0n) is 8.99. The number of anilines is 1. The predicted molar refractivity (Wildman–Crippen MR) is 66.1 cm³/mol.